The molecule has 1 aromatic carbocycles. The van der Waals surface area contributed by atoms with Crippen molar-refractivity contribution in [2.75, 3.05) is 11.9 Å². The Balaban J connectivity index is 1.65. The lowest BCUT2D eigenvalue weighted by Gasteiger charge is -2.07. The van der Waals surface area contributed by atoms with Crippen LogP contribution in [0.4, 0.5) is 5.69 Å². The molecule has 0 saturated carbocycles. The van der Waals surface area contributed by atoms with Crippen LogP contribution in [0.15, 0.2) is 36.5 Å². The van der Waals surface area contributed by atoms with Gasteiger partial charge in [0.15, 0.2) is 0 Å². The lowest BCUT2D eigenvalue weighted by molar-refractivity contribution is -0.129. The highest BCUT2D eigenvalue weighted by molar-refractivity contribution is 6.35. The lowest BCUT2D eigenvalue weighted by Crippen LogP contribution is -2.25. The predicted octanol–water partition coefficient (Wildman–Crippen LogP) is 1.91. The van der Waals surface area contributed by atoms with Gasteiger partial charge in [-0.15, -0.1) is 0 Å². The number of hydrogen-bond donors (Lipinski definition) is 5. The first-order chi connectivity index (χ1) is 13.1. The molecule has 0 fully saturated rings. The van der Waals surface area contributed by atoms with E-state index in [2.05, 4.69) is 15.6 Å². The molecule has 0 radical (unpaired) electrons. The van der Waals surface area contributed by atoms with Crippen LogP contribution in [0.5, 0.6) is 0 Å². The Kier molecular flexibility index (Phi) is 5.68. The van der Waals surface area contributed by atoms with E-state index in [4.69, 9.17) is 5.21 Å². The maximum absolute atomic E-state index is 12.3. The Bertz CT molecular complexity index is 887. The molecular weight excluding hydrogens is 348 g/mol. The quantitative estimate of drug-likeness (QED) is 0.222. The summed E-state index contributed by atoms with van der Waals surface area (Å²) in [5, 5.41) is 14.0. The van der Waals surface area contributed by atoms with Crippen LogP contribution in [0.2, 0.25) is 0 Å². The molecule has 8 heteroatoms. The van der Waals surface area contributed by atoms with E-state index >= 15 is 0 Å². The van der Waals surface area contributed by atoms with Gasteiger partial charge in [0.2, 0.25) is 5.91 Å². The van der Waals surface area contributed by atoms with Gasteiger partial charge in [0, 0.05) is 41.7 Å². The first kappa shape index (κ1) is 18.4. The van der Waals surface area contributed by atoms with Crippen LogP contribution in [0.3, 0.4) is 0 Å². The molecule has 8 nitrogen and oxygen atoms in total. The number of nitrogens with one attached hydrogen (secondary N) is 4. The Hall–Kier alpha value is -3.39. The molecular formula is C19H20N4O4. The van der Waals surface area contributed by atoms with Crippen molar-refractivity contribution in [3.8, 4) is 0 Å². The van der Waals surface area contributed by atoms with E-state index in [0.29, 0.717) is 41.8 Å². The van der Waals surface area contributed by atoms with Crippen molar-refractivity contribution < 1.29 is 19.6 Å². The second-order valence-electron chi connectivity index (χ2n) is 6.15. The number of amides is 3. The summed E-state index contributed by atoms with van der Waals surface area (Å²) in [7, 11) is 0. The zero-order chi connectivity index (χ0) is 19.2. The summed E-state index contributed by atoms with van der Waals surface area (Å²) in [4.78, 5) is 38.5. The summed E-state index contributed by atoms with van der Waals surface area (Å²) >= 11 is 0. The van der Waals surface area contributed by atoms with Crippen molar-refractivity contribution >= 4 is 35.1 Å². The average molecular weight is 368 g/mol. The molecule has 0 atom stereocenters. The number of rotatable bonds is 7. The van der Waals surface area contributed by atoms with Crippen LogP contribution in [0.25, 0.3) is 11.6 Å². The number of carbonyl (C=O) groups excluding carboxylic acids is 3. The van der Waals surface area contributed by atoms with Gasteiger partial charge in [0.1, 0.15) is 0 Å². The minimum Gasteiger partial charge on any atom is -0.362 e. The van der Waals surface area contributed by atoms with Gasteiger partial charge < -0.3 is 15.6 Å². The minimum atomic E-state index is -0.446. The number of H-pyrrole nitrogens is 1. The molecule has 0 spiro atoms. The van der Waals surface area contributed by atoms with E-state index in [-0.39, 0.29) is 18.2 Å². The van der Waals surface area contributed by atoms with Gasteiger partial charge in [-0.25, -0.2) is 5.48 Å². The van der Waals surface area contributed by atoms with Crippen LogP contribution >= 0.6 is 0 Å². The van der Waals surface area contributed by atoms with Crippen molar-refractivity contribution in [3.63, 3.8) is 0 Å². The van der Waals surface area contributed by atoms with Gasteiger partial charge >= 0.3 is 0 Å². The molecule has 0 bridgehead atoms. The van der Waals surface area contributed by atoms with Crippen LogP contribution in [0.1, 0.15) is 40.9 Å². The van der Waals surface area contributed by atoms with Crippen molar-refractivity contribution in [1.82, 2.24) is 15.8 Å². The average Bonchev–Trinajstić information content (AvgIpc) is 3.29. The highest BCUT2D eigenvalue weighted by atomic mass is 16.5. The van der Waals surface area contributed by atoms with Gasteiger partial charge in [0.25, 0.3) is 11.8 Å². The third-order valence-electron chi connectivity index (χ3n) is 4.23. The molecule has 3 amide bonds. The van der Waals surface area contributed by atoms with Crippen LogP contribution in [0, 0.1) is 0 Å². The molecule has 27 heavy (non-hydrogen) atoms. The Labute approximate surface area is 155 Å². The predicted molar refractivity (Wildman–Crippen MR) is 99.8 cm³/mol. The number of aromatic nitrogens is 1. The first-order valence-electron chi connectivity index (χ1n) is 8.60. The molecule has 2 heterocycles. The molecule has 1 aliphatic rings. The fourth-order valence-electron chi connectivity index (χ4n) is 2.83. The third kappa shape index (κ3) is 4.42. The summed E-state index contributed by atoms with van der Waals surface area (Å²) in [6.07, 6.45) is 4.88. The highest BCUT2D eigenvalue weighted by Crippen LogP contribution is 2.33. The van der Waals surface area contributed by atoms with Crippen LogP contribution < -0.4 is 16.1 Å². The van der Waals surface area contributed by atoms with Crippen LogP contribution in [-0.4, -0.2) is 34.5 Å². The maximum atomic E-state index is 12.3. The van der Waals surface area contributed by atoms with E-state index < -0.39 is 5.91 Å². The second kappa shape index (κ2) is 8.33. The molecule has 1 aromatic heterocycles. The number of benzene rings is 1. The number of unbranched alkanes of at least 4 members (excludes halogenated alkanes) is 1. The van der Waals surface area contributed by atoms with Gasteiger partial charge in [-0.3, -0.25) is 19.6 Å². The fraction of sp³-hybridized carbons (Fsp3) is 0.211. The molecule has 5 N–H and O–H groups in total. The van der Waals surface area contributed by atoms with Crippen molar-refractivity contribution in [1.29, 1.82) is 0 Å². The number of hydroxylamine groups is 1. The Morgan fingerprint density at radius 3 is 2.78 bits per heavy atom. The maximum Gasteiger partial charge on any atom is 0.256 e. The molecule has 140 valence electrons. The monoisotopic (exact) mass is 368 g/mol. The fourth-order valence-corrected chi connectivity index (χ4v) is 2.83. The molecule has 0 saturated heterocycles. The summed E-state index contributed by atoms with van der Waals surface area (Å²) in [6, 6.07) is 8.76. The van der Waals surface area contributed by atoms with Gasteiger partial charge in [0.05, 0.1) is 5.57 Å². The zero-order valence-corrected chi connectivity index (χ0v) is 14.5. The summed E-state index contributed by atoms with van der Waals surface area (Å²) in [6.45, 7) is 0.414. The topological polar surface area (TPSA) is 123 Å². The lowest BCUT2D eigenvalue weighted by atomic mass is 10.0. The Morgan fingerprint density at radius 1 is 1.19 bits per heavy atom. The van der Waals surface area contributed by atoms with Gasteiger partial charge in [-0.1, -0.05) is 0 Å². The molecule has 2 aromatic rings. The minimum absolute atomic E-state index is 0.200. The number of hydrogen-bond acceptors (Lipinski definition) is 4. The second-order valence-corrected chi connectivity index (χ2v) is 6.15. The summed E-state index contributed by atoms with van der Waals surface area (Å²) in [5.74, 6) is -0.902. The summed E-state index contributed by atoms with van der Waals surface area (Å²) in [5.41, 5.74) is 4.68. The number of fused-ring (bicyclic) bond motifs is 1. The SMILES string of the molecule is O=C(CCCCNC(=O)c1ccc2c(c1)/C(=C/c1ccc[nH]1)C(=O)N2)NO. The summed E-state index contributed by atoms with van der Waals surface area (Å²) < 4.78 is 0. The third-order valence-corrected chi connectivity index (χ3v) is 4.23. The van der Waals surface area contributed by atoms with E-state index in [9.17, 15) is 14.4 Å². The van der Waals surface area contributed by atoms with Crippen molar-refractivity contribution in [3.05, 3.63) is 53.3 Å². The standard InChI is InChI=1S/C19H20N4O4/c24-17(23-27)5-1-2-8-21-18(25)12-6-7-16-14(10-12)15(19(26)22-16)11-13-4-3-9-20-13/h3-4,6-7,9-11,20,27H,1-2,5,8H2,(H,21,25)(H,22,26)(H,23,24)/b15-11-. The van der Waals surface area contributed by atoms with Gasteiger partial charge in [-0.05, 0) is 49.2 Å². The molecule has 3 rings (SSSR count). The molecule has 0 unspecified atom stereocenters. The van der Waals surface area contributed by atoms with E-state index in [1.165, 1.54) is 0 Å². The Morgan fingerprint density at radius 2 is 2.04 bits per heavy atom. The normalized spacial score (nSPS) is 14.0. The number of carbonyl (C=O) groups is 3. The smallest absolute Gasteiger partial charge is 0.256 e. The van der Waals surface area contributed by atoms with E-state index in [1.807, 2.05) is 12.1 Å². The van der Waals surface area contributed by atoms with Crippen molar-refractivity contribution in [2.45, 2.75) is 19.3 Å². The van der Waals surface area contributed by atoms with E-state index in [1.54, 1.807) is 36.0 Å². The highest BCUT2D eigenvalue weighted by Gasteiger charge is 2.25. The van der Waals surface area contributed by atoms with Crippen molar-refractivity contribution in [2.24, 2.45) is 0 Å². The zero-order valence-electron chi connectivity index (χ0n) is 14.5. The molecule has 1 aliphatic heterocycles. The molecule has 0 aliphatic carbocycles. The van der Waals surface area contributed by atoms with Gasteiger partial charge in [-0.2, -0.15) is 0 Å². The first-order valence-corrected chi connectivity index (χ1v) is 8.60. The van der Waals surface area contributed by atoms with Crippen LogP contribution in [-0.2, 0) is 9.59 Å². The number of anilines is 1. The van der Waals surface area contributed by atoms with E-state index in [0.717, 1.165) is 5.69 Å². The largest absolute Gasteiger partial charge is 0.362 e. The number of aromatic amines is 1.